The van der Waals surface area contributed by atoms with Gasteiger partial charge < -0.3 is 15.7 Å². The van der Waals surface area contributed by atoms with Crippen molar-refractivity contribution >= 4 is 11.6 Å². The van der Waals surface area contributed by atoms with E-state index < -0.39 is 0 Å². The van der Waals surface area contributed by atoms with Gasteiger partial charge in [0, 0.05) is 11.3 Å². The summed E-state index contributed by atoms with van der Waals surface area (Å²) >= 11 is 0. The second kappa shape index (κ2) is 5.40. The Morgan fingerprint density at radius 3 is 2.78 bits per heavy atom. The van der Waals surface area contributed by atoms with Crippen molar-refractivity contribution in [3.8, 4) is 5.75 Å². The first-order valence-electron chi connectivity index (χ1n) is 6.37. The van der Waals surface area contributed by atoms with Crippen LogP contribution in [0.15, 0.2) is 12.1 Å². The number of hydrogen-bond acceptors (Lipinski definition) is 3. The van der Waals surface area contributed by atoms with Crippen LogP contribution in [0.4, 0.5) is 5.69 Å². The Bertz CT molecular complexity index is 453. The van der Waals surface area contributed by atoms with Crippen LogP contribution >= 0.6 is 0 Å². The van der Waals surface area contributed by atoms with E-state index in [0.717, 1.165) is 18.0 Å². The van der Waals surface area contributed by atoms with Gasteiger partial charge in [-0.1, -0.05) is 6.07 Å². The Labute approximate surface area is 107 Å². The third-order valence-electron chi connectivity index (χ3n) is 3.32. The molecule has 0 saturated heterocycles. The first-order valence-corrected chi connectivity index (χ1v) is 6.37. The maximum Gasteiger partial charge on any atom is 0.238 e. The molecule has 2 rings (SSSR count). The molecule has 0 heterocycles. The molecule has 0 unspecified atom stereocenters. The zero-order valence-electron chi connectivity index (χ0n) is 10.9. The fourth-order valence-corrected chi connectivity index (χ4v) is 1.88. The summed E-state index contributed by atoms with van der Waals surface area (Å²) in [4.78, 5) is 11.7. The van der Waals surface area contributed by atoms with Crippen molar-refractivity contribution in [2.24, 2.45) is 5.92 Å². The number of aromatic hydroxyl groups is 1. The predicted octanol–water partition coefficient (Wildman–Crippen LogP) is 1.95. The molecule has 1 saturated carbocycles. The maximum atomic E-state index is 11.7. The molecule has 18 heavy (non-hydrogen) atoms. The number of phenolic OH excluding ortho intramolecular Hbond substituents is 1. The molecule has 1 aliphatic carbocycles. The number of aryl methyl sites for hydroxylation is 1. The molecular weight excluding hydrogens is 228 g/mol. The Balaban J connectivity index is 1.87. The number of hydrogen-bond donors (Lipinski definition) is 3. The third-order valence-corrected chi connectivity index (χ3v) is 3.32. The zero-order chi connectivity index (χ0) is 13.1. The lowest BCUT2D eigenvalue weighted by molar-refractivity contribution is -0.115. The summed E-state index contributed by atoms with van der Waals surface area (Å²) in [7, 11) is 0. The molecule has 0 spiro atoms. The van der Waals surface area contributed by atoms with Crippen molar-refractivity contribution in [2.75, 3.05) is 18.4 Å². The lowest BCUT2D eigenvalue weighted by Gasteiger charge is -2.11. The maximum absolute atomic E-state index is 11.7. The van der Waals surface area contributed by atoms with Gasteiger partial charge in [0.15, 0.2) is 0 Å². The van der Waals surface area contributed by atoms with E-state index in [9.17, 15) is 9.90 Å². The smallest absolute Gasteiger partial charge is 0.238 e. The van der Waals surface area contributed by atoms with Crippen LogP contribution in [-0.4, -0.2) is 24.1 Å². The van der Waals surface area contributed by atoms with E-state index in [1.807, 2.05) is 13.0 Å². The quantitative estimate of drug-likeness (QED) is 0.746. The van der Waals surface area contributed by atoms with E-state index in [2.05, 4.69) is 10.6 Å². The Hall–Kier alpha value is -1.55. The largest absolute Gasteiger partial charge is 0.507 e. The van der Waals surface area contributed by atoms with Crippen molar-refractivity contribution in [3.63, 3.8) is 0 Å². The minimum Gasteiger partial charge on any atom is -0.507 e. The first kappa shape index (κ1) is 12.9. The van der Waals surface area contributed by atoms with Gasteiger partial charge >= 0.3 is 0 Å². The molecule has 4 nitrogen and oxygen atoms in total. The van der Waals surface area contributed by atoms with E-state index in [1.54, 1.807) is 13.0 Å². The molecule has 1 amide bonds. The number of rotatable bonds is 5. The summed E-state index contributed by atoms with van der Waals surface area (Å²) < 4.78 is 0. The summed E-state index contributed by atoms with van der Waals surface area (Å²) in [6, 6.07) is 3.62. The summed E-state index contributed by atoms with van der Waals surface area (Å²) in [6.45, 7) is 4.89. The van der Waals surface area contributed by atoms with Crippen LogP contribution in [0.1, 0.15) is 24.0 Å². The van der Waals surface area contributed by atoms with Crippen LogP contribution in [0.3, 0.4) is 0 Å². The molecule has 1 fully saturated rings. The first-order chi connectivity index (χ1) is 8.58. The number of carbonyl (C=O) groups is 1. The highest BCUT2D eigenvalue weighted by Gasteiger charge is 2.20. The molecule has 98 valence electrons. The summed E-state index contributed by atoms with van der Waals surface area (Å²) in [6.07, 6.45) is 2.55. The van der Waals surface area contributed by atoms with Gasteiger partial charge in [-0.15, -0.1) is 0 Å². The van der Waals surface area contributed by atoms with Crippen molar-refractivity contribution in [1.29, 1.82) is 0 Å². The van der Waals surface area contributed by atoms with Crippen molar-refractivity contribution in [3.05, 3.63) is 23.3 Å². The lowest BCUT2D eigenvalue weighted by Crippen LogP contribution is -2.29. The van der Waals surface area contributed by atoms with Gasteiger partial charge in [-0.25, -0.2) is 0 Å². The van der Waals surface area contributed by atoms with Crippen LogP contribution in [-0.2, 0) is 4.79 Å². The van der Waals surface area contributed by atoms with Crippen LogP contribution in [0.5, 0.6) is 5.75 Å². The Morgan fingerprint density at radius 2 is 2.11 bits per heavy atom. The predicted molar refractivity (Wildman–Crippen MR) is 71.8 cm³/mol. The van der Waals surface area contributed by atoms with Crippen LogP contribution in [0.25, 0.3) is 0 Å². The van der Waals surface area contributed by atoms with Crippen molar-refractivity contribution < 1.29 is 9.90 Å². The Kier molecular flexibility index (Phi) is 3.87. The van der Waals surface area contributed by atoms with E-state index in [4.69, 9.17) is 0 Å². The molecule has 0 aliphatic heterocycles. The molecule has 0 aromatic heterocycles. The molecule has 0 radical (unpaired) electrons. The minimum atomic E-state index is -0.0676. The highest BCUT2D eigenvalue weighted by Crippen LogP contribution is 2.28. The lowest BCUT2D eigenvalue weighted by atomic mass is 10.1. The summed E-state index contributed by atoms with van der Waals surface area (Å²) in [5.41, 5.74) is 2.21. The number of carbonyl (C=O) groups excluding carboxylic acids is 1. The highest BCUT2D eigenvalue weighted by molar-refractivity contribution is 5.93. The van der Waals surface area contributed by atoms with E-state index >= 15 is 0 Å². The van der Waals surface area contributed by atoms with E-state index in [1.165, 1.54) is 12.8 Å². The summed E-state index contributed by atoms with van der Waals surface area (Å²) in [5.74, 6) is 0.948. The van der Waals surface area contributed by atoms with Gasteiger partial charge in [-0.3, -0.25) is 4.79 Å². The van der Waals surface area contributed by atoms with E-state index in [-0.39, 0.29) is 11.7 Å². The zero-order valence-corrected chi connectivity index (χ0v) is 10.9. The van der Waals surface area contributed by atoms with Crippen LogP contribution < -0.4 is 10.6 Å². The fraction of sp³-hybridized carbons (Fsp3) is 0.500. The average molecular weight is 248 g/mol. The van der Waals surface area contributed by atoms with Crippen LogP contribution in [0.2, 0.25) is 0 Å². The van der Waals surface area contributed by atoms with Gasteiger partial charge in [0.1, 0.15) is 5.75 Å². The summed E-state index contributed by atoms with van der Waals surface area (Å²) in [5, 5.41) is 15.7. The molecule has 4 heteroatoms. The molecule has 1 aromatic carbocycles. The number of benzene rings is 1. The van der Waals surface area contributed by atoms with Crippen molar-refractivity contribution in [1.82, 2.24) is 5.32 Å². The number of anilines is 1. The number of phenols is 1. The second-order valence-corrected chi connectivity index (χ2v) is 5.03. The number of nitrogens with one attached hydrogen (secondary N) is 2. The van der Waals surface area contributed by atoms with Gasteiger partial charge in [0.25, 0.3) is 0 Å². The average Bonchev–Trinajstić information content (AvgIpc) is 3.14. The minimum absolute atomic E-state index is 0.0676. The monoisotopic (exact) mass is 248 g/mol. The number of amides is 1. The molecule has 1 aromatic rings. The molecule has 1 aliphatic rings. The third kappa shape index (κ3) is 3.23. The highest BCUT2D eigenvalue weighted by atomic mass is 16.3. The fourth-order valence-electron chi connectivity index (χ4n) is 1.88. The van der Waals surface area contributed by atoms with E-state index in [0.29, 0.717) is 17.8 Å². The topological polar surface area (TPSA) is 61.4 Å². The van der Waals surface area contributed by atoms with Gasteiger partial charge in [-0.2, -0.15) is 0 Å². The Morgan fingerprint density at radius 1 is 1.39 bits per heavy atom. The molecule has 0 atom stereocenters. The van der Waals surface area contributed by atoms with Gasteiger partial charge in [0.2, 0.25) is 5.91 Å². The molecule has 0 bridgehead atoms. The molecular formula is C14H20N2O2. The van der Waals surface area contributed by atoms with Gasteiger partial charge in [0.05, 0.1) is 6.54 Å². The van der Waals surface area contributed by atoms with Gasteiger partial charge in [-0.05, 0) is 50.8 Å². The van der Waals surface area contributed by atoms with Crippen LogP contribution in [0, 0.1) is 19.8 Å². The standard InChI is InChI=1S/C14H20N2O2/c1-9-3-6-12(10(2)14(9)18)16-13(17)8-15-7-11-4-5-11/h3,6,11,15,18H,4-5,7-8H2,1-2H3,(H,16,17). The second-order valence-electron chi connectivity index (χ2n) is 5.03. The van der Waals surface area contributed by atoms with Crippen molar-refractivity contribution in [2.45, 2.75) is 26.7 Å². The molecule has 3 N–H and O–H groups in total. The normalized spacial score (nSPS) is 14.6. The SMILES string of the molecule is Cc1ccc(NC(=O)CNCC2CC2)c(C)c1O.